The first-order chi connectivity index (χ1) is 15.4. The van der Waals surface area contributed by atoms with Gasteiger partial charge in [0.15, 0.2) is 0 Å². The second kappa shape index (κ2) is 8.84. The Hall–Kier alpha value is -4.27. The van der Waals surface area contributed by atoms with Crippen LogP contribution in [-0.4, -0.2) is 38.8 Å². The van der Waals surface area contributed by atoms with Crippen LogP contribution in [0.15, 0.2) is 65.5 Å². The van der Waals surface area contributed by atoms with E-state index in [-0.39, 0.29) is 17.4 Å². The fourth-order valence-corrected chi connectivity index (χ4v) is 2.89. The number of hydrogen-bond donors (Lipinski definition) is 1. The second-order valence-corrected chi connectivity index (χ2v) is 7.42. The van der Waals surface area contributed by atoms with Crippen LogP contribution < -0.4 is 20.5 Å². The van der Waals surface area contributed by atoms with E-state index in [9.17, 15) is 4.79 Å². The second-order valence-electron chi connectivity index (χ2n) is 7.42. The largest absolute Gasteiger partial charge is 0.403 e. The molecule has 0 saturated heterocycles. The Bertz CT molecular complexity index is 1300. The molecule has 2 aromatic heterocycles. The quantitative estimate of drug-likeness (QED) is 0.496. The molecule has 2 aromatic carbocycles. The van der Waals surface area contributed by atoms with Crippen LogP contribution in [0.25, 0.3) is 5.69 Å². The van der Waals surface area contributed by atoms with Crippen molar-refractivity contribution in [1.82, 2.24) is 24.7 Å². The highest BCUT2D eigenvalue weighted by Crippen LogP contribution is 2.22. The average molecular weight is 429 g/mol. The van der Waals surface area contributed by atoms with E-state index in [4.69, 9.17) is 4.74 Å². The summed E-state index contributed by atoms with van der Waals surface area (Å²) in [7, 11) is 3.65. The monoisotopic (exact) mass is 429 g/mol. The van der Waals surface area contributed by atoms with Gasteiger partial charge in [0.25, 0.3) is 5.56 Å². The van der Waals surface area contributed by atoms with Crippen LogP contribution in [0.4, 0.5) is 17.6 Å². The standard InChI is InChI=1S/C23H23N7O2/c1-15-10-11-17(14-16(15)2)24-21-25-22(29(3)4)27-23(26-21)32-19-12-13-20(31)30(28-19)18-8-6-5-7-9-18/h5-14H,1-4H3,(H,24,25,26,27). The number of aromatic nitrogens is 5. The van der Waals surface area contributed by atoms with Gasteiger partial charge in [0.2, 0.25) is 17.8 Å². The normalized spacial score (nSPS) is 10.6. The zero-order valence-corrected chi connectivity index (χ0v) is 18.3. The maximum Gasteiger partial charge on any atom is 0.330 e. The molecule has 1 N–H and O–H groups in total. The molecule has 9 heteroatoms. The molecule has 0 spiro atoms. The smallest absolute Gasteiger partial charge is 0.330 e. The average Bonchev–Trinajstić information content (AvgIpc) is 2.78. The van der Waals surface area contributed by atoms with E-state index in [1.54, 1.807) is 17.0 Å². The van der Waals surface area contributed by atoms with Gasteiger partial charge in [0.05, 0.1) is 5.69 Å². The fraction of sp³-hybridized carbons (Fsp3) is 0.174. The van der Waals surface area contributed by atoms with E-state index in [0.717, 1.165) is 11.3 Å². The van der Waals surface area contributed by atoms with Crippen LogP contribution in [0.1, 0.15) is 11.1 Å². The highest BCUT2D eigenvalue weighted by molar-refractivity contribution is 5.56. The molecule has 0 aliphatic heterocycles. The van der Waals surface area contributed by atoms with Gasteiger partial charge in [-0.05, 0) is 49.2 Å². The summed E-state index contributed by atoms with van der Waals surface area (Å²) in [6.45, 7) is 4.10. The van der Waals surface area contributed by atoms with E-state index in [2.05, 4.69) is 32.3 Å². The molecule has 0 atom stereocenters. The van der Waals surface area contributed by atoms with E-state index < -0.39 is 0 Å². The van der Waals surface area contributed by atoms with Crippen molar-refractivity contribution in [3.8, 4) is 17.6 Å². The number of anilines is 3. The predicted molar refractivity (Wildman–Crippen MR) is 123 cm³/mol. The molecule has 0 amide bonds. The number of hydrogen-bond acceptors (Lipinski definition) is 8. The molecule has 0 aliphatic carbocycles. The first-order valence-corrected chi connectivity index (χ1v) is 10.0. The molecule has 0 unspecified atom stereocenters. The van der Waals surface area contributed by atoms with Crippen LogP contribution in [0.2, 0.25) is 0 Å². The summed E-state index contributed by atoms with van der Waals surface area (Å²) in [4.78, 5) is 27.2. The first-order valence-electron chi connectivity index (χ1n) is 10.0. The molecular weight excluding hydrogens is 406 g/mol. The zero-order chi connectivity index (χ0) is 22.7. The van der Waals surface area contributed by atoms with Crippen LogP contribution >= 0.6 is 0 Å². The van der Waals surface area contributed by atoms with Crippen molar-refractivity contribution in [3.05, 3.63) is 82.1 Å². The van der Waals surface area contributed by atoms with Crippen molar-refractivity contribution in [1.29, 1.82) is 0 Å². The lowest BCUT2D eigenvalue weighted by Gasteiger charge is -2.14. The van der Waals surface area contributed by atoms with E-state index >= 15 is 0 Å². The number of nitrogens with one attached hydrogen (secondary N) is 1. The van der Waals surface area contributed by atoms with Gasteiger partial charge in [-0.25, -0.2) is 0 Å². The van der Waals surface area contributed by atoms with Crippen molar-refractivity contribution >= 4 is 17.6 Å². The summed E-state index contributed by atoms with van der Waals surface area (Å²) in [6, 6.07) is 18.0. The van der Waals surface area contributed by atoms with Gasteiger partial charge < -0.3 is 15.0 Å². The third-order valence-electron chi connectivity index (χ3n) is 4.74. The minimum absolute atomic E-state index is 0.0563. The van der Waals surface area contributed by atoms with Crippen molar-refractivity contribution in [2.75, 3.05) is 24.3 Å². The molecule has 4 aromatic rings. The number of aryl methyl sites for hydroxylation is 2. The Balaban J connectivity index is 1.66. The molecule has 0 fully saturated rings. The van der Waals surface area contributed by atoms with Crippen LogP contribution in [-0.2, 0) is 0 Å². The van der Waals surface area contributed by atoms with Crippen LogP contribution in [0, 0.1) is 13.8 Å². The fourth-order valence-electron chi connectivity index (χ4n) is 2.89. The molecule has 0 aliphatic rings. The Morgan fingerprint density at radius 2 is 1.69 bits per heavy atom. The topological polar surface area (TPSA) is 98.1 Å². The van der Waals surface area contributed by atoms with Gasteiger partial charge in [-0.2, -0.15) is 19.6 Å². The summed E-state index contributed by atoms with van der Waals surface area (Å²) in [5.41, 5.74) is 3.56. The SMILES string of the molecule is Cc1ccc(Nc2nc(Oc3ccc(=O)n(-c4ccccc4)n3)nc(N(C)C)n2)cc1C. The van der Waals surface area contributed by atoms with Crippen molar-refractivity contribution in [2.45, 2.75) is 13.8 Å². The third-order valence-corrected chi connectivity index (χ3v) is 4.74. The molecule has 9 nitrogen and oxygen atoms in total. The lowest BCUT2D eigenvalue weighted by molar-refractivity contribution is 0.411. The molecular formula is C23H23N7O2. The van der Waals surface area contributed by atoms with Crippen LogP contribution in [0.5, 0.6) is 11.9 Å². The maximum absolute atomic E-state index is 12.3. The number of nitrogens with zero attached hydrogens (tertiary/aromatic N) is 6. The first kappa shape index (κ1) is 21.0. The molecule has 4 rings (SSSR count). The zero-order valence-electron chi connectivity index (χ0n) is 18.3. The summed E-state index contributed by atoms with van der Waals surface area (Å²) >= 11 is 0. The molecule has 162 valence electrons. The summed E-state index contributed by atoms with van der Waals surface area (Å²) in [6.07, 6.45) is 0. The number of ether oxygens (including phenoxy) is 1. The van der Waals surface area contributed by atoms with Crippen molar-refractivity contribution < 1.29 is 4.74 Å². The highest BCUT2D eigenvalue weighted by Gasteiger charge is 2.13. The molecule has 32 heavy (non-hydrogen) atoms. The Kier molecular flexibility index (Phi) is 5.80. The predicted octanol–water partition coefficient (Wildman–Crippen LogP) is 3.64. The van der Waals surface area contributed by atoms with Gasteiger partial charge in [0.1, 0.15) is 0 Å². The summed E-state index contributed by atoms with van der Waals surface area (Å²) < 4.78 is 7.07. The minimum atomic E-state index is -0.273. The molecule has 0 saturated carbocycles. The minimum Gasteiger partial charge on any atom is -0.403 e. The number of benzene rings is 2. The van der Waals surface area contributed by atoms with Crippen LogP contribution in [0.3, 0.4) is 0 Å². The molecule has 2 heterocycles. The molecule has 0 bridgehead atoms. The molecule has 0 radical (unpaired) electrons. The Morgan fingerprint density at radius 3 is 2.41 bits per heavy atom. The highest BCUT2D eigenvalue weighted by atomic mass is 16.5. The maximum atomic E-state index is 12.3. The van der Waals surface area contributed by atoms with Crippen molar-refractivity contribution in [2.24, 2.45) is 0 Å². The number of rotatable bonds is 6. The Morgan fingerprint density at radius 1 is 0.906 bits per heavy atom. The lowest BCUT2D eigenvalue weighted by atomic mass is 10.1. The van der Waals surface area contributed by atoms with Gasteiger partial charge in [0, 0.05) is 31.9 Å². The van der Waals surface area contributed by atoms with Gasteiger partial charge in [-0.15, -0.1) is 5.10 Å². The van der Waals surface area contributed by atoms with E-state index in [0.29, 0.717) is 17.6 Å². The number of para-hydroxylation sites is 1. The lowest BCUT2D eigenvalue weighted by Crippen LogP contribution is -2.20. The Labute approximate surface area is 185 Å². The third kappa shape index (κ3) is 4.72. The van der Waals surface area contributed by atoms with E-state index in [1.807, 2.05) is 57.4 Å². The van der Waals surface area contributed by atoms with Gasteiger partial charge in [-0.1, -0.05) is 24.3 Å². The van der Waals surface area contributed by atoms with Crippen molar-refractivity contribution in [3.63, 3.8) is 0 Å². The summed E-state index contributed by atoms with van der Waals surface area (Å²) in [5.74, 6) is 0.928. The summed E-state index contributed by atoms with van der Waals surface area (Å²) in [5, 5.41) is 7.49. The van der Waals surface area contributed by atoms with Gasteiger partial charge >= 0.3 is 6.01 Å². The van der Waals surface area contributed by atoms with Gasteiger partial charge in [-0.3, -0.25) is 4.79 Å². The van der Waals surface area contributed by atoms with E-state index in [1.165, 1.54) is 22.4 Å².